The number of amides is 2. The maximum Gasteiger partial charge on any atom is 0.331 e. The van der Waals surface area contributed by atoms with E-state index in [0.717, 1.165) is 23.3 Å². The van der Waals surface area contributed by atoms with Gasteiger partial charge in [0.25, 0.3) is 11.8 Å². The summed E-state index contributed by atoms with van der Waals surface area (Å²) in [7, 11) is 0. The lowest BCUT2D eigenvalue weighted by Crippen LogP contribution is -2.27. The number of carbonyl (C=O) groups excluding carboxylic acids is 3. The first-order valence-electron chi connectivity index (χ1n) is 9.24. The molecular formula is C22H22N2O4S. The molecule has 0 aromatic heterocycles. The second kappa shape index (κ2) is 9.93. The number of hydrogen-bond acceptors (Lipinski definition) is 5. The third kappa shape index (κ3) is 6.50. The highest BCUT2D eigenvalue weighted by Gasteiger charge is 2.25. The molecule has 0 unspecified atom stereocenters. The average Bonchev–Trinajstić information content (AvgIpc) is 3.55. The van der Waals surface area contributed by atoms with Crippen molar-refractivity contribution in [3.05, 3.63) is 65.7 Å². The Morgan fingerprint density at radius 1 is 1.10 bits per heavy atom. The minimum atomic E-state index is -0.617. The van der Waals surface area contributed by atoms with Crippen molar-refractivity contribution in [2.75, 3.05) is 18.2 Å². The third-order valence-corrected chi connectivity index (χ3v) is 4.98. The van der Waals surface area contributed by atoms with Crippen molar-refractivity contribution >= 4 is 41.3 Å². The fourth-order valence-electron chi connectivity index (χ4n) is 2.53. The molecule has 1 aliphatic carbocycles. The first kappa shape index (κ1) is 20.7. The summed E-state index contributed by atoms with van der Waals surface area (Å²) in [5.41, 5.74) is 1.63. The number of anilines is 1. The minimum Gasteiger partial charge on any atom is -0.452 e. The van der Waals surface area contributed by atoms with Crippen LogP contribution in [-0.4, -0.2) is 36.7 Å². The van der Waals surface area contributed by atoms with Crippen molar-refractivity contribution in [3.63, 3.8) is 0 Å². The summed E-state index contributed by atoms with van der Waals surface area (Å²) in [6.45, 7) is -0.437. The lowest BCUT2D eigenvalue weighted by Gasteiger charge is -2.11. The zero-order valence-corrected chi connectivity index (χ0v) is 16.8. The number of hydrogen-bond donors (Lipinski definition) is 2. The third-order valence-electron chi connectivity index (χ3n) is 4.23. The molecule has 0 radical (unpaired) electrons. The van der Waals surface area contributed by atoms with Gasteiger partial charge in [-0.1, -0.05) is 24.3 Å². The second-order valence-electron chi connectivity index (χ2n) is 6.56. The van der Waals surface area contributed by atoms with E-state index in [2.05, 4.69) is 10.6 Å². The van der Waals surface area contributed by atoms with Gasteiger partial charge in [0.1, 0.15) is 0 Å². The molecule has 0 spiro atoms. The zero-order valence-electron chi connectivity index (χ0n) is 16.0. The Morgan fingerprint density at radius 3 is 2.52 bits per heavy atom. The molecule has 0 heterocycles. The molecule has 2 aromatic rings. The van der Waals surface area contributed by atoms with E-state index in [1.807, 2.05) is 30.5 Å². The predicted molar refractivity (Wildman–Crippen MR) is 114 cm³/mol. The fourth-order valence-corrected chi connectivity index (χ4v) is 2.94. The van der Waals surface area contributed by atoms with Crippen LogP contribution in [0.25, 0.3) is 6.08 Å². The van der Waals surface area contributed by atoms with E-state index in [9.17, 15) is 14.4 Å². The average molecular weight is 410 g/mol. The first-order chi connectivity index (χ1) is 14.0. The largest absolute Gasteiger partial charge is 0.452 e. The van der Waals surface area contributed by atoms with E-state index in [0.29, 0.717) is 11.3 Å². The molecule has 2 aromatic carbocycles. The Kier molecular flexibility index (Phi) is 7.08. The van der Waals surface area contributed by atoms with E-state index in [4.69, 9.17) is 4.74 Å². The molecule has 1 aliphatic rings. The maximum absolute atomic E-state index is 12.3. The van der Waals surface area contributed by atoms with Gasteiger partial charge in [-0.2, -0.15) is 0 Å². The van der Waals surface area contributed by atoms with Crippen LogP contribution in [0.5, 0.6) is 0 Å². The van der Waals surface area contributed by atoms with Crippen molar-refractivity contribution in [2.45, 2.75) is 23.8 Å². The summed E-state index contributed by atoms with van der Waals surface area (Å²) >= 11 is 1.64. The van der Waals surface area contributed by atoms with Crippen LogP contribution < -0.4 is 10.6 Å². The van der Waals surface area contributed by atoms with Gasteiger partial charge in [-0.05, 0) is 55.0 Å². The Morgan fingerprint density at radius 2 is 1.83 bits per heavy atom. The molecule has 3 rings (SSSR count). The lowest BCUT2D eigenvalue weighted by atomic mass is 10.1. The maximum atomic E-state index is 12.3. The number of para-hydroxylation sites is 1. The molecule has 2 amide bonds. The summed E-state index contributed by atoms with van der Waals surface area (Å²) in [5, 5.41) is 5.51. The van der Waals surface area contributed by atoms with E-state index in [1.165, 1.54) is 6.08 Å². The van der Waals surface area contributed by atoms with E-state index < -0.39 is 18.5 Å². The summed E-state index contributed by atoms with van der Waals surface area (Å²) < 4.78 is 4.98. The fraction of sp³-hybridized carbons (Fsp3) is 0.227. The first-order valence-corrected chi connectivity index (χ1v) is 10.5. The molecule has 0 atom stereocenters. The standard InChI is InChI=1S/C22H22N2O4S/c1-29-17-11-6-15(7-12-17)8-13-21(26)28-14-20(25)24-19-5-3-2-4-18(19)22(27)23-16-9-10-16/h2-8,11-13,16H,9-10,14H2,1H3,(H,23,27)(H,24,25)/b13-8+. The van der Waals surface area contributed by atoms with E-state index >= 15 is 0 Å². The molecule has 2 N–H and O–H groups in total. The number of nitrogens with one attached hydrogen (secondary N) is 2. The summed E-state index contributed by atoms with van der Waals surface area (Å²) in [4.78, 5) is 37.4. The van der Waals surface area contributed by atoms with Gasteiger partial charge in [-0.25, -0.2) is 4.79 Å². The lowest BCUT2D eigenvalue weighted by molar-refractivity contribution is -0.142. The van der Waals surface area contributed by atoms with Gasteiger partial charge < -0.3 is 15.4 Å². The Bertz CT molecular complexity index is 921. The van der Waals surface area contributed by atoms with Crippen LogP contribution in [0.4, 0.5) is 5.69 Å². The SMILES string of the molecule is CSc1ccc(/C=C/C(=O)OCC(=O)Nc2ccccc2C(=O)NC2CC2)cc1. The summed E-state index contributed by atoms with van der Waals surface area (Å²) in [6.07, 6.45) is 6.85. The molecule has 0 saturated heterocycles. The van der Waals surface area contributed by atoms with Crippen molar-refractivity contribution in [1.82, 2.24) is 5.32 Å². The molecule has 0 aliphatic heterocycles. The monoisotopic (exact) mass is 410 g/mol. The number of thioether (sulfide) groups is 1. The number of ether oxygens (including phenoxy) is 1. The van der Waals surface area contributed by atoms with Crippen molar-refractivity contribution in [3.8, 4) is 0 Å². The van der Waals surface area contributed by atoms with Gasteiger partial charge in [0.2, 0.25) is 0 Å². The van der Waals surface area contributed by atoms with Gasteiger partial charge in [0.05, 0.1) is 11.3 Å². The van der Waals surface area contributed by atoms with Crippen molar-refractivity contribution in [2.24, 2.45) is 0 Å². The van der Waals surface area contributed by atoms with Crippen molar-refractivity contribution < 1.29 is 19.1 Å². The molecular weight excluding hydrogens is 388 g/mol. The number of rotatable bonds is 8. The quantitative estimate of drug-likeness (QED) is 0.395. The number of benzene rings is 2. The molecule has 150 valence electrons. The summed E-state index contributed by atoms with van der Waals surface area (Å²) in [5.74, 6) is -1.35. The summed E-state index contributed by atoms with van der Waals surface area (Å²) in [6, 6.07) is 14.7. The molecule has 7 heteroatoms. The van der Waals surface area contributed by atoms with Gasteiger partial charge in [0, 0.05) is 17.0 Å². The van der Waals surface area contributed by atoms with Crippen molar-refractivity contribution in [1.29, 1.82) is 0 Å². The van der Waals surface area contributed by atoms with Crippen LogP contribution in [0, 0.1) is 0 Å². The normalized spacial score (nSPS) is 13.1. The van der Waals surface area contributed by atoms with Gasteiger partial charge >= 0.3 is 5.97 Å². The Balaban J connectivity index is 1.49. The predicted octanol–water partition coefficient (Wildman–Crippen LogP) is 3.50. The second-order valence-corrected chi connectivity index (χ2v) is 7.44. The highest BCUT2D eigenvalue weighted by Crippen LogP contribution is 2.21. The highest BCUT2D eigenvalue weighted by atomic mass is 32.2. The Labute approximate surface area is 173 Å². The molecule has 0 bridgehead atoms. The van der Waals surface area contributed by atoms with Gasteiger partial charge in [0.15, 0.2) is 6.61 Å². The molecule has 1 fully saturated rings. The number of carbonyl (C=O) groups is 3. The van der Waals surface area contributed by atoms with Crippen LogP contribution >= 0.6 is 11.8 Å². The number of esters is 1. The Hall–Kier alpha value is -3.06. The van der Waals surface area contributed by atoms with E-state index in [-0.39, 0.29) is 11.9 Å². The molecule has 29 heavy (non-hydrogen) atoms. The minimum absolute atomic E-state index is 0.218. The van der Waals surface area contributed by atoms with Crippen LogP contribution in [0.2, 0.25) is 0 Å². The van der Waals surface area contributed by atoms with E-state index in [1.54, 1.807) is 42.1 Å². The highest BCUT2D eigenvalue weighted by molar-refractivity contribution is 7.98. The molecule has 1 saturated carbocycles. The van der Waals surface area contributed by atoms with Crippen LogP contribution in [0.15, 0.2) is 59.5 Å². The van der Waals surface area contributed by atoms with Crippen LogP contribution in [0.3, 0.4) is 0 Å². The van der Waals surface area contributed by atoms with Gasteiger partial charge in [-0.15, -0.1) is 11.8 Å². The smallest absolute Gasteiger partial charge is 0.331 e. The van der Waals surface area contributed by atoms with Gasteiger partial charge in [-0.3, -0.25) is 9.59 Å². The van der Waals surface area contributed by atoms with Crippen LogP contribution in [-0.2, 0) is 14.3 Å². The molecule has 6 nitrogen and oxygen atoms in total. The van der Waals surface area contributed by atoms with Crippen LogP contribution in [0.1, 0.15) is 28.8 Å². The topological polar surface area (TPSA) is 84.5 Å². The zero-order chi connectivity index (χ0) is 20.6.